The summed E-state index contributed by atoms with van der Waals surface area (Å²) in [5, 5.41) is 0.786. The summed E-state index contributed by atoms with van der Waals surface area (Å²) in [6.45, 7) is 6.69. The van der Waals surface area contributed by atoms with Crippen LogP contribution in [0.5, 0.6) is 0 Å². The van der Waals surface area contributed by atoms with Crippen LogP contribution in [0.15, 0.2) is 42.5 Å². The fraction of sp³-hybridized carbons (Fsp3) is 0.222. The maximum Gasteiger partial charge on any atom is 0.0483 e. The van der Waals surface area contributed by atoms with Gasteiger partial charge >= 0.3 is 0 Å². The minimum atomic E-state index is 0.528. The lowest BCUT2D eigenvalue weighted by Gasteiger charge is -2.04. The van der Waals surface area contributed by atoms with E-state index in [1.807, 2.05) is 34.8 Å². The Morgan fingerprint density at radius 1 is 0.905 bits per heavy atom. The van der Waals surface area contributed by atoms with E-state index in [-0.39, 0.29) is 0 Å². The third kappa shape index (κ3) is 3.08. The summed E-state index contributed by atoms with van der Waals surface area (Å²) in [6.07, 6.45) is 0. The lowest BCUT2D eigenvalue weighted by Crippen LogP contribution is -1.85. The van der Waals surface area contributed by atoms with Crippen LogP contribution in [-0.2, 0) is 0 Å². The second-order valence-corrected chi connectivity index (χ2v) is 8.24. The molecular formula is C18H17ClS2. The summed E-state index contributed by atoms with van der Waals surface area (Å²) in [5.74, 6) is 0.528. The topological polar surface area (TPSA) is 0 Å². The van der Waals surface area contributed by atoms with Crippen molar-refractivity contribution in [3.05, 3.63) is 57.9 Å². The van der Waals surface area contributed by atoms with E-state index in [4.69, 9.17) is 11.6 Å². The lowest BCUT2D eigenvalue weighted by atomic mass is 10.0. The molecule has 0 bridgehead atoms. The molecule has 0 atom stereocenters. The molecule has 2 heterocycles. The Bertz CT molecular complexity index is 748. The number of hydrogen-bond donors (Lipinski definition) is 0. The van der Waals surface area contributed by atoms with Crippen LogP contribution < -0.4 is 0 Å². The molecule has 0 N–H and O–H groups in total. The van der Waals surface area contributed by atoms with Gasteiger partial charge in [0, 0.05) is 24.5 Å². The van der Waals surface area contributed by atoms with Gasteiger partial charge in [0.25, 0.3) is 0 Å². The third-order valence-electron chi connectivity index (χ3n) is 3.48. The number of rotatable bonds is 3. The molecule has 0 fully saturated rings. The average molecular weight is 333 g/mol. The van der Waals surface area contributed by atoms with Crippen molar-refractivity contribution in [2.24, 2.45) is 0 Å². The van der Waals surface area contributed by atoms with E-state index >= 15 is 0 Å². The summed E-state index contributed by atoms with van der Waals surface area (Å²) in [4.78, 5) is 5.46. The summed E-state index contributed by atoms with van der Waals surface area (Å²) in [5.41, 5.74) is 2.68. The molecule has 0 spiro atoms. The molecule has 1 aromatic carbocycles. The maximum absolute atomic E-state index is 5.99. The first-order valence-electron chi connectivity index (χ1n) is 7.01. The summed E-state index contributed by atoms with van der Waals surface area (Å²) >= 11 is 9.74. The molecule has 0 aliphatic rings. The Labute approximate surface area is 139 Å². The van der Waals surface area contributed by atoms with Crippen LogP contribution >= 0.6 is 34.3 Å². The molecule has 2 aromatic heterocycles. The van der Waals surface area contributed by atoms with E-state index in [0.717, 1.165) is 5.02 Å². The normalized spacial score (nSPS) is 11.3. The molecule has 0 saturated carbocycles. The molecule has 0 saturated heterocycles. The van der Waals surface area contributed by atoms with Gasteiger partial charge in [0.05, 0.1) is 0 Å². The highest BCUT2D eigenvalue weighted by molar-refractivity contribution is 7.24. The Balaban J connectivity index is 2.10. The Hall–Kier alpha value is -1.09. The third-order valence-corrected chi connectivity index (χ3v) is 6.11. The van der Waals surface area contributed by atoms with Crippen molar-refractivity contribution in [1.82, 2.24) is 0 Å². The van der Waals surface area contributed by atoms with Gasteiger partial charge in [-0.3, -0.25) is 0 Å². The monoisotopic (exact) mass is 332 g/mol. The van der Waals surface area contributed by atoms with E-state index in [9.17, 15) is 0 Å². The van der Waals surface area contributed by atoms with Gasteiger partial charge in [-0.25, -0.2) is 0 Å². The first-order chi connectivity index (χ1) is 10.0. The first-order valence-corrected chi connectivity index (χ1v) is 9.02. The molecule has 21 heavy (non-hydrogen) atoms. The van der Waals surface area contributed by atoms with E-state index in [1.54, 1.807) is 0 Å². The summed E-state index contributed by atoms with van der Waals surface area (Å²) < 4.78 is 0. The minimum absolute atomic E-state index is 0.528. The van der Waals surface area contributed by atoms with Crippen LogP contribution in [0.4, 0.5) is 0 Å². The first kappa shape index (κ1) is 14.8. The van der Waals surface area contributed by atoms with Crippen molar-refractivity contribution in [1.29, 1.82) is 0 Å². The Kier molecular flexibility index (Phi) is 4.21. The molecule has 3 heteroatoms. The largest absolute Gasteiger partial charge is 0.140 e. The molecule has 0 amide bonds. The second-order valence-electron chi connectivity index (χ2n) is 5.47. The average Bonchev–Trinajstić information content (AvgIpc) is 3.05. The second kappa shape index (κ2) is 5.96. The van der Waals surface area contributed by atoms with Gasteiger partial charge in [-0.05, 0) is 54.3 Å². The number of benzene rings is 1. The Morgan fingerprint density at radius 3 is 2.19 bits per heavy atom. The zero-order chi connectivity index (χ0) is 15.0. The van der Waals surface area contributed by atoms with Crippen LogP contribution in [0.2, 0.25) is 5.02 Å². The number of hydrogen-bond acceptors (Lipinski definition) is 2. The predicted octanol–water partition coefficient (Wildman–Crippen LogP) is 7.23. The Morgan fingerprint density at radius 2 is 1.62 bits per heavy atom. The van der Waals surface area contributed by atoms with Crippen molar-refractivity contribution in [2.75, 3.05) is 0 Å². The van der Waals surface area contributed by atoms with Crippen molar-refractivity contribution >= 4 is 34.3 Å². The van der Waals surface area contributed by atoms with Gasteiger partial charge in [0.15, 0.2) is 0 Å². The highest BCUT2D eigenvalue weighted by Gasteiger charge is 2.16. The van der Waals surface area contributed by atoms with Crippen LogP contribution in [0.25, 0.3) is 20.2 Å². The molecule has 3 rings (SSSR count). The van der Waals surface area contributed by atoms with Crippen LogP contribution in [0.3, 0.4) is 0 Å². The predicted molar refractivity (Wildman–Crippen MR) is 96.9 cm³/mol. The molecule has 0 nitrogen and oxygen atoms in total. The molecular weight excluding hydrogens is 316 g/mol. The van der Waals surface area contributed by atoms with Gasteiger partial charge in [0.2, 0.25) is 0 Å². The number of thiophene rings is 2. The zero-order valence-corrected chi connectivity index (χ0v) is 14.7. The molecule has 0 radical (unpaired) electrons. The molecule has 0 aliphatic heterocycles. The minimum Gasteiger partial charge on any atom is -0.140 e. The van der Waals surface area contributed by atoms with Crippen LogP contribution in [0.1, 0.15) is 30.2 Å². The van der Waals surface area contributed by atoms with E-state index in [1.165, 1.54) is 30.6 Å². The van der Waals surface area contributed by atoms with Crippen LogP contribution in [-0.4, -0.2) is 0 Å². The van der Waals surface area contributed by atoms with E-state index in [0.29, 0.717) is 5.92 Å². The molecule has 3 aromatic rings. The van der Waals surface area contributed by atoms with Gasteiger partial charge in [-0.1, -0.05) is 37.6 Å². The van der Waals surface area contributed by atoms with Crippen molar-refractivity contribution in [3.63, 3.8) is 0 Å². The van der Waals surface area contributed by atoms with Crippen molar-refractivity contribution in [2.45, 2.75) is 26.7 Å². The molecule has 108 valence electrons. The van der Waals surface area contributed by atoms with Gasteiger partial charge < -0.3 is 0 Å². The van der Waals surface area contributed by atoms with Gasteiger partial charge in [-0.2, -0.15) is 0 Å². The van der Waals surface area contributed by atoms with Crippen molar-refractivity contribution in [3.8, 4) is 20.2 Å². The highest BCUT2D eigenvalue weighted by atomic mass is 35.5. The smallest absolute Gasteiger partial charge is 0.0483 e. The summed E-state index contributed by atoms with van der Waals surface area (Å²) in [6, 6.07) is 14.9. The number of aryl methyl sites for hydroxylation is 1. The van der Waals surface area contributed by atoms with Gasteiger partial charge in [-0.15, -0.1) is 22.7 Å². The quantitative estimate of drug-likeness (QED) is 0.474. The standard InChI is InChI=1S/C18H17ClS2/c1-11(2)15-10-17(13-5-7-14(19)8-6-13)21-18(15)16-9-4-12(3)20-16/h4-11H,1-3H3. The fourth-order valence-corrected chi connectivity index (χ4v) is 4.79. The molecule has 0 unspecified atom stereocenters. The van der Waals surface area contributed by atoms with Crippen molar-refractivity contribution < 1.29 is 0 Å². The van der Waals surface area contributed by atoms with E-state index in [2.05, 4.69) is 51.1 Å². The maximum atomic E-state index is 5.99. The fourth-order valence-electron chi connectivity index (χ4n) is 2.34. The van der Waals surface area contributed by atoms with E-state index < -0.39 is 0 Å². The zero-order valence-electron chi connectivity index (χ0n) is 12.3. The number of halogens is 1. The highest BCUT2D eigenvalue weighted by Crippen LogP contribution is 2.43. The van der Waals surface area contributed by atoms with Crippen LogP contribution in [0, 0.1) is 6.92 Å². The lowest BCUT2D eigenvalue weighted by molar-refractivity contribution is 0.875. The molecule has 0 aliphatic carbocycles. The van der Waals surface area contributed by atoms with Gasteiger partial charge in [0.1, 0.15) is 0 Å². The summed E-state index contributed by atoms with van der Waals surface area (Å²) in [7, 11) is 0. The SMILES string of the molecule is Cc1ccc(-c2sc(-c3ccc(Cl)cc3)cc2C(C)C)s1.